The minimum absolute atomic E-state index is 0.0756. The number of hydrogen-bond donors (Lipinski definition) is 1. The number of halogens is 1. The Kier molecular flexibility index (Phi) is 4.81. The molecule has 2 aromatic rings. The molecular formula is C16H17ClN2O2. The highest BCUT2D eigenvalue weighted by atomic mass is 35.5. The molecule has 0 fully saturated rings. The van der Waals surface area contributed by atoms with Crippen LogP contribution in [0, 0.1) is 17.0 Å². The Labute approximate surface area is 128 Å². The van der Waals surface area contributed by atoms with Crippen molar-refractivity contribution in [1.29, 1.82) is 0 Å². The maximum atomic E-state index is 11.1. The molecular weight excluding hydrogens is 288 g/mol. The summed E-state index contributed by atoms with van der Waals surface area (Å²) in [5, 5.41) is 15.0. The van der Waals surface area contributed by atoms with Crippen LogP contribution < -0.4 is 5.32 Å². The van der Waals surface area contributed by atoms with E-state index < -0.39 is 0 Å². The van der Waals surface area contributed by atoms with Gasteiger partial charge in [0.2, 0.25) is 0 Å². The van der Waals surface area contributed by atoms with Gasteiger partial charge in [0, 0.05) is 17.1 Å². The molecule has 5 heteroatoms. The van der Waals surface area contributed by atoms with Crippen LogP contribution in [0.15, 0.2) is 42.5 Å². The number of hydrogen-bond acceptors (Lipinski definition) is 3. The van der Waals surface area contributed by atoms with E-state index in [1.54, 1.807) is 12.1 Å². The average Bonchev–Trinajstić information content (AvgIpc) is 2.41. The topological polar surface area (TPSA) is 55.2 Å². The molecule has 110 valence electrons. The molecule has 0 saturated carbocycles. The highest BCUT2D eigenvalue weighted by Crippen LogP contribution is 2.26. The normalized spacial score (nSPS) is 12.0. The van der Waals surface area contributed by atoms with Gasteiger partial charge in [0.15, 0.2) is 0 Å². The minimum atomic E-state index is -0.364. The summed E-state index contributed by atoms with van der Waals surface area (Å²) in [6, 6.07) is 12.8. The number of rotatable bonds is 5. The Bertz CT molecular complexity index is 641. The van der Waals surface area contributed by atoms with Crippen LogP contribution in [0.5, 0.6) is 0 Å². The van der Waals surface area contributed by atoms with E-state index in [1.807, 2.05) is 38.1 Å². The second-order valence-corrected chi connectivity index (χ2v) is 5.59. The molecule has 0 radical (unpaired) electrons. The zero-order valence-corrected chi connectivity index (χ0v) is 12.7. The molecule has 2 aromatic carbocycles. The van der Waals surface area contributed by atoms with E-state index in [2.05, 4.69) is 5.32 Å². The summed E-state index contributed by atoms with van der Waals surface area (Å²) in [5.74, 6) is 0. The van der Waals surface area contributed by atoms with E-state index in [-0.39, 0.29) is 16.7 Å². The molecule has 0 saturated heterocycles. The minimum Gasteiger partial charge on any atom is -0.377 e. The van der Waals surface area contributed by atoms with E-state index in [4.69, 9.17) is 11.6 Å². The summed E-state index contributed by atoms with van der Waals surface area (Å²) in [6.45, 7) is 3.92. The van der Waals surface area contributed by atoms with E-state index in [9.17, 15) is 10.1 Å². The Hall–Kier alpha value is -2.07. The van der Waals surface area contributed by atoms with Gasteiger partial charge in [-0.1, -0.05) is 29.8 Å². The lowest BCUT2D eigenvalue weighted by molar-refractivity contribution is -0.384. The molecule has 0 aliphatic heterocycles. The number of nitro benzene ring substituents is 1. The lowest BCUT2D eigenvalue weighted by Gasteiger charge is -2.16. The molecule has 1 N–H and O–H groups in total. The van der Waals surface area contributed by atoms with Crippen molar-refractivity contribution in [2.45, 2.75) is 26.3 Å². The molecule has 21 heavy (non-hydrogen) atoms. The number of benzene rings is 2. The van der Waals surface area contributed by atoms with Crippen molar-refractivity contribution in [2.75, 3.05) is 5.32 Å². The molecule has 0 aliphatic rings. The van der Waals surface area contributed by atoms with Crippen LogP contribution in [0.2, 0.25) is 5.02 Å². The van der Waals surface area contributed by atoms with Crippen LogP contribution in [0.4, 0.5) is 11.4 Å². The van der Waals surface area contributed by atoms with Crippen molar-refractivity contribution < 1.29 is 4.92 Å². The van der Waals surface area contributed by atoms with Gasteiger partial charge in [-0.25, -0.2) is 0 Å². The van der Waals surface area contributed by atoms with Crippen LogP contribution in [-0.4, -0.2) is 11.0 Å². The number of aryl methyl sites for hydroxylation is 1. The molecule has 1 atom stereocenters. The fourth-order valence-electron chi connectivity index (χ4n) is 2.22. The predicted molar refractivity (Wildman–Crippen MR) is 86.1 cm³/mol. The fourth-order valence-corrected chi connectivity index (χ4v) is 2.34. The van der Waals surface area contributed by atoms with Gasteiger partial charge >= 0.3 is 0 Å². The van der Waals surface area contributed by atoms with Crippen molar-refractivity contribution >= 4 is 23.0 Å². The number of nitro groups is 1. The number of nitrogens with one attached hydrogen (secondary N) is 1. The van der Waals surface area contributed by atoms with Crippen LogP contribution >= 0.6 is 11.6 Å². The Morgan fingerprint density at radius 1 is 1.24 bits per heavy atom. The van der Waals surface area contributed by atoms with Crippen molar-refractivity contribution in [2.24, 2.45) is 0 Å². The summed E-state index contributed by atoms with van der Waals surface area (Å²) in [5.41, 5.74) is 2.78. The van der Waals surface area contributed by atoms with Crippen LogP contribution in [0.1, 0.15) is 18.1 Å². The third-order valence-electron chi connectivity index (χ3n) is 3.21. The smallest absolute Gasteiger partial charge is 0.292 e. The predicted octanol–water partition coefficient (Wildman–Crippen LogP) is 4.60. The van der Waals surface area contributed by atoms with Gasteiger partial charge in [0.05, 0.1) is 4.92 Å². The van der Waals surface area contributed by atoms with Crippen LogP contribution in [0.3, 0.4) is 0 Å². The van der Waals surface area contributed by atoms with E-state index in [1.165, 1.54) is 6.07 Å². The summed E-state index contributed by atoms with van der Waals surface area (Å²) >= 11 is 5.86. The largest absolute Gasteiger partial charge is 0.377 e. The molecule has 2 rings (SSSR count). The van der Waals surface area contributed by atoms with E-state index in [0.29, 0.717) is 10.7 Å². The Balaban J connectivity index is 2.12. The Morgan fingerprint density at radius 3 is 2.52 bits per heavy atom. The maximum Gasteiger partial charge on any atom is 0.292 e. The molecule has 0 heterocycles. The van der Waals surface area contributed by atoms with Gasteiger partial charge in [-0.15, -0.1) is 0 Å². The summed E-state index contributed by atoms with van der Waals surface area (Å²) in [6.07, 6.45) is 0.766. The molecule has 4 nitrogen and oxygen atoms in total. The molecule has 1 unspecified atom stereocenters. The van der Waals surface area contributed by atoms with Crippen molar-refractivity contribution in [3.05, 3.63) is 68.7 Å². The molecule has 0 amide bonds. The highest BCUT2D eigenvalue weighted by molar-refractivity contribution is 6.30. The number of nitrogens with zero attached hydrogens (tertiary/aromatic N) is 1. The third kappa shape index (κ3) is 4.20. The van der Waals surface area contributed by atoms with Crippen LogP contribution in [0.25, 0.3) is 0 Å². The van der Waals surface area contributed by atoms with Gasteiger partial charge in [-0.3, -0.25) is 10.1 Å². The molecule has 0 bridgehead atoms. The third-order valence-corrected chi connectivity index (χ3v) is 3.46. The second-order valence-electron chi connectivity index (χ2n) is 5.15. The zero-order chi connectivity index (χ0) is 15.4. The molecule has 0 aliphatic carbocycles. The van der Waals surface area contributed by atoms with E-state index in [0.717, 1.165) is 17.5 Å². The molecule has 0 spiro atoms. The summed E-state index contributed by atoms with van der Waals surface area (Å²) in [4.78, 5) is 10.7. The van der Waals surface area contributed by atoms with Gasteiger partial charge in [0.1, 0.15) is 5.69 Å². The number of anilines is 1. The standard InChI is InChI=1S/C16H17ClN2O2/c1-11-3-8-16(19(20)21)15(9-11)18-12(2)10-13-4-6-14(17)7-5-13/h3-9,12,18H,10H2,1-2H3. The van der Waals surface area contributed by atoms with Crippen molar-refractivity contribution in [3.63, 3.8) is 0 Å². The van der Waals surface area contributed by atoms with Crippen molar-refractivity contribution in [3.8, 4) is 0 Å². The molecule has 0 aromatic heterocycles. The highest BCUT2D eigenvalue weighted by Gasteiger charge is 2.15. The SMILES string of the molecule is Cc1ccc([N+](=O)[O-])c(NC(C)Cc2ccc(Cl)cc2)c1. The van der Waals surface area contributed by atoms with E-state index >= 15 is 0 Å². The summed E-state index contributed by atoms with van der Waals surface area (Å²) in [7, 11) is 0. The van der Waals surface area contributed by atoms with Gasteiger partial charge in [-0.05, 0) is 49.6 Å². The first kappa shape index (κ1) is 15.3. The summed E-state index contributed by atoms with van der Waals surface area (Å²) < 4.78 is 0. The van der Waals surface area contributed by atoms with Gasteiger partial charge in [0.25, 0.3) is 5.69 Å². The monoisotopic (exact) mass is 304 g/mol. The first-order valence-corrected chi connectivity index (χ1v) is 7.09. The average molecular weight is 305 g/mol. The second kappa shape index (κ2) is 6.59. The van der Waals surface area contributed by atoms with Crippen LogP contribution in [-0.2, 0) is 6.42 Å². The lowest BCUT2D eigenvalue weighted by atomic mass is 10.1. The lowest BCUT2D eigenvalue weighted by Crippen LogP contribution is -2.18. The first-order chi connectivity index (χ1) is 9.95. The van der Waals surface area contributed by atoms with Crippen molar-refractivity contribution in [1.82, 2.24) is 0 Å². The quantitative estimate of drug-likeness (QED) is 0.649. The fraction of sp³-hybridized carbons (Fsp3) is 0.250. The van der Waals surface area contributed by atoms with Gasteiger partial charge < -0.3 is 5.32 Å². The Morgan fingerprint density at radius 2 is 1.90 bits per heavy atom. The van der Waals surface area contributed by atoms with Gasteiger partial charge in [-0.2, -0.15) is 0 Å². The first-order valence-electron chi connectivity index (χ1n) is 6.71. The maximum absolute atomic E-state index is 11.1. The zero-order valence-electron chi connectivity index (χ0n) is 12.0.